The molecule has 1 fully saturated rings. The SMILES string of the molecule is O=C(O)c1nc(N2CCCC2)sc1-c1ccccc1. The van der Waals surface area contributed by atoms with E-state index in [9.17, 15) is 9.90 Å². The third kappa shape index (κ3) is 2.33. The van der Waals surface area contributed by atoms with Gasteiger partial charge in [0.2, 0.25) is 0 Å². The lowest BCUT2D eigenvalue weighted by atomic mass is 10.1. The zero-order valence-electron chi connectivity index (χ0n) is 10.4. The molecule has 2 aromatic rings. The molecule has 0 unspecified atom stereocenters. The van der Waals surface area contributed by atoms with Crippen LogP contribution in [0.25, 0.3) is 10.4 Å². The molecule has 4 nitrogen and oxygen atoms in total. The van der Waals surface area contributed by atoms with Gasteiger partial charge in [-0.15, -0.1) is 0 Å². The van der Waals surface area contributed by atoms with E-state index in [1.165, 1.54) is 11.3 Å². The first kappa shape index (κ1) is 12.2. The Morgan fingerprint density at radius 1 is 1.21 bits per heavy atom. The Balaban J connectivity index is 2.05. The van der Waals surface area contributed by atoms with E-state index in [0.29, 0.717) is 0 Å². The third-order valence-corrected chi connectivity index (χ3v) is 4.40. The highest BCUT2D eigenvalue weighted by molar-refractivity contribution is 7.19. The van der Waals surface area contributed by atoms with Crippen molar-refractivity contribution in [3.63, 3.8) is 0 Å². The topological polar surface area (TPSA) is 53.4 Å². The third-order valence-electron chi connectivity index (χ3n) is 3.23. The number of thiazole rings is 1. The van der Waals surface area contributed by atoms with Crippen LogP contribution in [0.2, 0.25) is 0 Å². The maximum absolute atomic E-state index is 11.3. The summed E-state index contributed by atoms with van der Waals surface area (Å²) in [5.74, 6) is -0.958. The van der Waals surface area contributed by atoms with Crippen molar-refractivity contribution in [2.75, 3.05) is 18.0 Å². The van der Waals surface area contributed by atoms with Gasteiger partial charge in [-0.2, -0.15) is 0 Å². The first-order valence-corrected chi connectivity index (χ1v) is 7.12. The maximum Gasteiger partial charge on any atom is 0.356 e. The zero-order chi connectivity index (χ0) is 13.2. The van der Waals surface area contributed by atoms with Gasteiger partial charge in [0, 0.05) is 13.1 Å². The molecule has 0 aliphatic carbocycles. The van der Waals surface area contributed by atoms with Gasteiger partial charge < -0.3 is 10.0 Å². The lowest BCUT2D eigenvalue weighted by Gasteiger charge is -2.11. The molecule has 1 aromatic carbocycles. The fraction of sp³-hybridized carbons (Fsp3) is 0.286. The van der Waals surface area contributed by atoms with Crippen LogP contribution in [0.5, 0.6) is 0 Å². The van der Waals surface area contributed by atoms with Gasteiger partial charge in [0.15, 0.2) is 10.8 Å². The second-order valence-electron chi connectivity index (χ2n) is 4.54. The number of carboxylic acid groups (broad SMARTS) is 1. The number of carbonyl (C=O) groups is 1. The number of aromatic nitrogens is 1. The van der Waals surface area contributed by atoms with Crippen LogP contribution in [0.4, 0.5) is 5.13 Å². The number of aromatic carboxylic acids is 1. The molecular formula is C14H14N2O2S. The summed E-state index contributed by atoms with van der Waals surface area (Å²) < 4.78 is 0. The van der Waals surface area contributed by atoms with Crippen molar-refractivity contribution in [3.05, 3.63) is 36.0 Å². The van der Waals surface area contributed by atoms with Gasteiger partial charge in [0.25, 0.3) is 0 Å². The summed E-state index contributed by atoms with van der Waals surface area (Å²) in [7, 11) is 0. The average Bonchev–Trinajstić information content (AvgIpc) is 3.08. The van der Waals surface area contributed by atoms with E-state index >= 15 is 0 Å². The van der Waals surface area contributed by atoms with Crippen molar-refractivity contribution in [1.29, 1.82) is 0 Å². The molecule has 1 aliphatic rings. The molecule has 19 heavy (non-hydrogen) atoms. The molecule has 1 saturated heterocycles. The van der Waals surface area contributed by atoms with Gasteiger partial charge in [0.1, 0.15) is 0 Å². The monoisotopic (exact) mass is 274 g/mol. The van der Waals surface area contributed by atoms with Crippen LogP contribution in [0.3, 0.4) is 0 Å². The number of rotatable bonds is 3. The van der Waals surface area contributed by atoms with Crippen LogP contribution >= 0.6 is 11.3 Å². The summed E-state index contributed by atoms with van der Waals surface area (Å²) in [5.41, 5.74) is 1.08. The van der Waals surface area contributed by atoms with E-state index in [4.69, 9.17) is 0 Å². The Labute approximate surface area is 115 Å². The standard InChI is InChI=1S/C14H14N2O2S/c17-13(18)11-12(10-6-2-1-3-7-10)19-14(15-11)16-8-4-5-9-16/h1-3,6-7H,4-5,8-9H2,(H,17,18). The molecule has 1 aromatic heterocycles. The van der Waals surface area contributed by atoms with Crippen LogP contribution in [0, 0.1) is 0 Å². The van der Waals surface area contributed by atoms with Crippen molar-refractivity contribution in [1.82, 2.24) is 4.98 Å². The number of hydrogen-bond donors (Lipinski definition) is 1. The summed E-state index contributed by atoms with van der Waals surface area (Å²) in [4.78, 5) is 18.6. The second-order valence-corrected chi connectivity index (χ2v) is 5.52. The molecule has 2 heterocycles. The Kier molecular flexibility index (Phi) is 3.21. The number of hydrogen-bond acceptors (Lipinski definition) is 4. The molecule has 0 saturated carbocycles. The first-order chi connectivity index (χ1) is 9.25. The van der Waals surface area contributed by atoms with Crippen LogP contribution in [0.1, 0.15) is 23.3 Å². The molecule has 0 amide bonds. The van der Waals surface area contributed by atoms with E-state index in [1.807, 2.05) is 30.3 Å². The van der Waals surface area contributed by atoms with E-state index in [0.717, 1.165) is 41.5 Å². The molecule has 0 radical (unpaired) electrons. The lowest BCUT2D eigenvalue weighted by molar-refractivity contribution is 0.0692. The molecule has 3 rings (SSSR count). The van der Waals surface area contributed by atoms with E-state index in [1.54, 1.807) is 0 Å². The predicted molar refractivity (Wildman–Crippen MR) is 76.0 cm³/mol. The van der Waals surface area contributed by atoms with Crippen molar-refractivity contribution in [2.45, 2.75) is 12.8 Å². The summed E-state index contributed by atoms with van der Waals surface area (Å²) in [5, 5.41) is 10.1. The minimum Gasteiger partial charge on any atom is -0.476 e. The average molecular weight is 274 g/mol. The van der Waals surface area contributed by atoms with Gasteiger partial charge in [-0.05, 0) is 18.4 Å². The highest BCUT2D eigenvalue weighted by atomic mass is 32.1. The molecule has 0 atom stereocenters. The minimum absolute atomic E-state index is 0.165. The van der Waals surface area contributed by atoms with Crippen molar-refractivity contribution in [3.8, 4) is 10.4 Å². The summed E-state index contributed by atoms with van der Waals surface area (Å²) in [6.07, 6.45) is 2.31. The van der Waals surface area contributed by atoms with Crippen molar-refractivity contribution in [2.24, 2.45) is 0 Å². The Bertz CT molecular complexity index is 589. The lowest BCUT2D eigenvalue weighted by Crippen LogP contribution is -2.17. The van der Waals surface area contributed by atoms with Gasteiger partial charge in [-0.1, -0.05) is 41.7 Å². The summed E-state index contributed by atoms with van der Waals surface area (Å²) in [6.45, 7) is 1.95. The maximum atomic E-state index is 11.3. The van der Waals surface area contributed by atoms with Gasteiger partial charge in [-0.25, -0.2) is 9.78 Å². The van der Waals surface area contributed by atoms with E-state index in [-0.39, 0.29) is 5.69 Å². The smallest absolute Gasteiger partial charge is 0.356 e. The Morgan fingerprint density at radius 3 is 2.53 bits per heavy atom. The molecule has 5 heteroatoms. The largest absolute Gasteiger partial charge is 0.476 e. The summed E-state index contributed by atoms with van der Waals surface area (Å²) >= 11 is 1.47. The number of benzene rings is 1. The van der Waals surface area contributed by atoms with Crippen LogP contribution in [-0.4, -0.2) is 29.1 Å². The fourth-order valence-electron chi connectivity index (χ4n) is 2.28. The first-order valence-electron chi connectivity index (χ1n) is 6.30. The van der Waals surface area contributed by atoms with Crippen LogP contribution < -0.4 is 4.90 Å². The van der Waals surface area contributed by atoms with Crippen LogP contribution in [-0.2, 0) is 0 Å². The number of carboxylic acids is 1. The molecule has 98 valence electrons. The minimum atomic E-state index is -0.958. The quantitative estimate of drug-likeness (QED) is 0.934. The van der Waals surface area contributed by atoms with Gasteiger partial charge in [0.05, 0.1) is 4.88 Å². The van der Waals surface area contributed by atoms with Crippen molar-refractivity contribution >= 4 is 22.4 Å². The molecule has 0 bridgehead atoms. The highest BCUT2D eigenvalue weighted by Gasteiger charge is 2.23. The van der Waals surface area contributed by atoms with Crippen molar-refractivity contribution < 1.29 is 9.90 Å². The number of nitrogens with zero attached hydrogens (tertiary/aromatic N) is 2. The molecular weight excluding hydrogens is 260 g/mol. The Morgan fingerprint density at radius 2 is 1.89 bits per heavy atom. The van der Waals surface area contributed by atoms with Gasteiger partial charge in [-0.3, -0.25) is 0 Å². The zero-order valence-corrected chi connectivity index (χ0v) is 11.2. The highest BCUT2D eigenvalue weighted by Crippen LogP contribution is 2.36. The predicted octanol–water partition coefficient (Wildman–Crippen LogP) is 3.11. The van der Waals surface area contributed by atoms with E-state index in [2.05, 4.69) is 9.88 Å². The fourth-order valence-corrected chi connectivity index (χ4v) is 3.40. The van der Waals surface area contributed by atoms with E-state index < -0.39 is 5.97 Å². The normalized spacial score (nSPS) is 14.8. The molecule has 1 aliphatic heterocycles. The Hall–Kier alpha value is -1.88. The number of anilines is 1. The molecule has 0 spiro atoms. The molecule has 1 N–H and O–H groups in total. The van der Waals surface area contributed by atoms with Gasteiger partial charge >= 0.3 is 5.97 Å². The second kappa shape index (κ2) is 5.01. The summed E-state index contributed by atoms with van der Waals surface area (Å²) in [6, 6.07) is 9.60. The van der Waals surface area contributed by atoms with Crippen LogP contribution in [0.15, 0.2) is 30.3 Å².